The molecular formula is C19H22N2O3. The Balaban J connectivity index is 1.95. The first-order valence-electron chi connectivity index (χ1n) is 8.02. The zero-order valence-corrected chi connectivity index (χ0v) is 14.4. The summed E-state index contributed by atoms with van der Waals surface area (Å²) < 4.78 is 6.00. The van der Waals surface area contributed by atoms with Gasteiger partial charge in [-0.2, -0.15) is 0 Å². The van der Waals surface area contributed by atoms with Gasteiger partial charge in [-0.1, -0.05) is 44.2 Å². The van der Waals surface area contributed by atoms with Crippen molar-refractivity contribution < 1.29 is 14.6 Å². The lowest BCUT2D eigenvalue weighted by Crippen LogP contribution is -2.26. The van der Waals surface area contributed by atoms with Gasteiger partial charge in [0, 0.05) is 5.41 Å². The predicted molar refractivity (Wildman–Crippen MR) is 90.0 cm³/mol. The molecule has 2 unspecified atom stereocenters. The molecule has 1 aromatic carbocycles. The fraction of sp³-hybridized carbons (Fsp3) is 0.421. The number of hydrogen-bond acceptors (Lipinski definition) is 4. The molecule has 1 aromatic heterocycles. The van der Waals surface area contributed by atoms with Gasteiger partial charge in [-0.3, -0.25) is 4.79 Å². The van der Waals surface area contributed by atoms with Crippen molar-refractivity contribution in [1.82, 2.24) is 9.97 Å². The Hall–Kier alpha value is -2.43. The van der Waals surface area contributed by atoms with Crippen LogP contribution in [0.15, 0.2) is 36.5 Å². The lowest BCUT2D eigenvalue weighted by molar-refractivity contribution is -0.139. The van der Waals surface area contributed by atoms with E-state index in [4.69, 9.17) is 4.74 Å². The topological polar surface area (TPSA) is 72.3 Å². The number of ether oxygens (including phenoxy) is 1. The van der Waals surface area contributed by atoms with Gasteiger partial charge >= 0.3 is 5.97 Å². The van der Waals surface area contributed by atoms with Crippen LogP contribution in [0.1, 0.15) is 30.9 Å². The van der Waals surface area contributed by atoms with Crippen molar-refractivity contribution in [3.8, 4) is 5.75 Å². The van der Waals surface area contributed by atoms with Crippen LogP contribution in [0.3, 0.4) is 0 Å². The van der Waals surface area contributed by atoms with Crippen LogP contribution in [0.5, 0.6) is 5.75 Å². The number of aryl methyl sites for hydroxylation is 2. The first kappa shape index (κ1) is 16.4. The van der Waals surface area contributed by atoms with Crippen molar-refractivity contribution in [2.75, 3.05) is 6.61 Å². The van der Waals surface area contributed by atoms with Gasteiger partial charge in [-0.15, -0.1) is 0 Å². The number of rotatable bonds is 5. The Kier molecular flexibility index (Phi) is 3.82. The SMILES string of the molecule is Cc1ncc(OCC2(c3ccccc3)C(C(=O)O)C2(C)C)c(C)n1. The number of hydrogen-bond donors (Lipinski definition) is 1. The summed E-state index contributed by atoms with van der Waals surface area (Å²) in [6.45, 7) is 7.95. The largest absolute Gasteiger partial charge is 0.489 e. The van der Waals surface area contributed by atoms with Crippen molar-refractivity contribution in [3.63, 3.8) is 0 Å². The molecule has 0 amide bonds. The fourth-order valence-electron chi connectivity index (χ4n) is 3.90. The van der Waals surface area contributed by atoms with Gasteiger partial charge in [0.2, 0.25) is 0 Å². The Bertz CT molecular complexity index is 773. The molecule has 5 heteroatoms. The van der Waals surface area contributed by atoms with Crippen LogP contribution in [-0.2, 0) is 10.2 Å². The quantitative estimate of drug-likeness (QED) is 0.914. The predicted octanol–water partition coefficient (Wildman–Crippen LogP) is 3.15. The van der Waals surface area contributed by atoms with Crippen molar-refractivity contribution in [3.05, 3.63) is 53.6 Å². The highest BCUT2D eigenvalue weighted by Gasteiger charge is 2.75. The molecule has 3 rings (SSSR count). The van der Waals surface area contributed by atoms with Crippen LogP contribution >= 0.6 is 0 Å². The summed E-state index contributed by atoms with van der Waals surface area (Å²) in [5.74, 6) is 0.0129. The average molecular weight is 326 g/mol. The number of aromatic nitrogens is 2. The number of benzene rings is 1. The summed E-state index contributed by atoms with van der Waals surface area (Å²) in [6.07, 6.45) is 1.65. The van der Waals surface area contributed by atoms with E-state index in [-0.39, 0.29) is 12.0 Å². The molecule has 2 aromatic rings. The molecule has 1 aliphatic carbocycles. The maximum absolute atomic E-state index is 11.8. The Labute approximate surface area is 141 Å². The molecule has 1 aliphatic rings. The summed E-state index contributed by atoms with van der Waals surface area (Å²) in [4.78, 5) is 20.3. The van der Waals surface area contributed by atoms with E-state index in [1.807, 2.05) is 58.0 Å². The molecule has 1 heterocycles. The zero-order valence-electron chi connectivity index (χ0n) is 14.4. The minimum Gasteiger partial charge on any atom is -0.489 e. The Morgan fingerprint density at radius 1 is 1.25 bits per heavy atom. The Morgan fingerprint density at radius 2 is 1.92 bits per heavy atom. The van der Waals surface area contributed by atoms with Crippen LogP contribution in [0.4, 0.5) is 0 Å². The molecule has 2 atom stereocenters. The van der Waals surface area contributed by atoms with Crippen LogP contribution in [0.2, 0.25) is 0 Å². The zero-order chi connectivity index (χ0) is 17.5. The van der Waals surface area contributed by atoms with Crippen molar-refractivity contribution in [2.24, 2.45) is 11.3 Å². The molecule has 1 saturated carbocycles. The monoisotopic (exact) mass is 326 g/mol. The van der Waals surface area contributed by atoms with Crippen LogP contribution in [0, 0.1) is 25.2 Å². The number of nitrogens with zero attached hydrogens (tertiary/aromatic N) is 2. The summed E-state index contributed by atoms with van der Waals surface area (Å²) in [7, 11) is 0. The smallest absolute Gasteiger partial charge is 0.308 e. The van der Waals surface area contributed by atoms with Gasteiger partial charge < -0.3 is 9.84 Å². The molecule has 1 N–H and O–H groups in total. The lowest BCUT2D eigenvalue weighted by atomic mass is 9.88. The van der Waals surface area contributed by atoms with Crippen molar-refractivity contribution in [1.29, 1.82) is 0 Å². The summed E-state index contributed by atoms with van der Waals surface area (Å²) >= 11 is 0. The maximum atomic E-state index is 11.8. The van der Waals surface area contributed by atoms with E-state index in [0.717, 1.165) is 11.3 Å². The van der Waals surface area contributed by atoms with Gasteiger partial charge in [0.25, 0.3) is 0 Å². The standard InChI is InChI=1S/C19H22N2O3/c1-12-15(10-20-13(2)21-12)24-11-19(14-8-6-5-7-9-14)16(17(22)23)18(19,3)4/h5-10,16H,11H2,1-4H3,(H,22,23). The van der Waals surface area contributed by atoms with Crippen molar-refractivity contribution >= 4 is 5.97 Å². The molecule has 5 nitrogen and oxygen atoms in total. The number of aliphatic carboxylic acids is 1. The molecule has 0 spiro atoms. The summed E-state index contributed by atoms with van der Waals surface area (Å²) in [5, 5.41) is 9.69. The van der Waals surface area contributed by atoms with Crippen LogP contribution in [0.25, 0.3) is 0 Å². The molecule has 126 valence electrons. The highest BCUT2D eigenvalue weighted by Crippen LogP contribution is 2.69. The third-order valence-corrected chi connectivity index (χ3v) is 5.33. The third-order valence-electron chi connectivity index (χ3n) is 5.33. The van der Waals surface area contributed by atoms with E-state index in [9.17, 15) is 9.90 Å². The lowest BCUT2D eigenvalue weighted by Gasteiger charge is -2.22. The minimum absolute atomic E-state index is 0.286. The molecular weight excluding hydrogens is 304 g/mol. The molecule has 24 heavy (non-hydrogen) atoms. The first-order chi connectivity index (χ1) is 11.3. The van der Waals surface area contributed by atoms with E-state index >= 15 is 0 Å². The summed E-state index contributed by atoms with van der Waals surface area (Å²) in [6, 6.07) is 9.76. The van der Waals surface area contributed by atoms with E-state index in [1.54, 1.807) is 6.20 Å². The second-order valence-electron chi connectivity index (χ2n) is 6.99. The normalized spacial score (nSPS) is 24.4. The third kappa shape index (κ3) is 2.35. The number of carbonyl (C=O) groups is 1. The number of carboxylic acids is 1. The van der Waals surface area contributed by atoms with E-state index in [2.05, 4.69) is 9.97 Å². The van der Waals surface area contributed by atoms with Crippen LogP contribution < -0.4 is 4.74 Å². The highest BCUT2D eigenvalue weighted by molar-refractivity contribution is 5.80. The van der Waals surface area contributed by atoms with Gasteiger partial charge in [0.1, 0.15) is 5.82 Å². The summed E-state index contributed by atoms with van der Waals surface area (Å²) in [5.41, 5.74) is 0.806. The second-order valence-corrected chi connectivity index (χ2v) is 6.99. The van der Waals surface area contributed by atoms with Gasteiger partial charge in [0.05, 0.1) is 24.4 Å². The second kappa shape index (κ2) is 5.58. The highest BCUT2D eigenvalue weighted by atomic mass is 16.5. The average Bonchev–Trinajstić information content (AvgIpc) is 3.04. The van der Waals surface area contributed by atoms with Gasteiger partial charge in [0.15, 0.2) is 5.75 Å². The van der Waals surface area contributed by atoms with E-state index < -0.39 is 17.3 Å². The molecule has 1 fully saturated rings. The fourth-order valence-corrected chi connectivity index (χ4v) is 3.90. The molecule has 0 aliphatic heterocycles. The van der Waals surface area contributed by atoms with Crippen LogP contribution in [-0.4, -0.2) is 27.7 Å². The van der Waals surface area contributed by atoms with E-state index in [0.29, 0.717) is 11.6 Å². The minimum atomic E-state index is -0.788. The molecule has 0 radical (unpaired) electrons. The molecule has 0 saturated heterocycles. The van der Waals surface area contributed by atoms with Gasteiger partial charge in [-0.05, 0) is 24.8 Å². The maximum Gasteiger partial charge on any atom is 0.308 e. The van der Waals surface area contributed by atoms with Crippen molar-refractivity contribution in [2.45, 2.75) is 33.1 Å². The Morgan fingerprint density at radius 3 is 2.46 bits per heavy atom. The molecule has 0 bridgehead atoms. The van der Waals surface area contributed by atoms with Gasteiger partial charge in [-0.25, -0.2) is 9.97 Å². The first-order valence-corrected chi connectivity index (χ1v) is 8.02. The number of carboxylic acid groups (broad SMARTS) is 1. The van der Waals surface area contributed by atoms with E-state index in [1.165, 1.54) is 0 Å².